The molecule has 0 saturated heterocycles. The normalized spacial score (nSPS) is 16.8. The highest BCUT2D eigenvalue weighted by Gasteiger charge is 2.41. The minimum atomic E-state index is -0.120. The minimum absolute atomic E-state index is 0.120. The molecule has 1 amide bonds. The van der Waals surface area contributed by atoms with Crippen LogP contribution in [0.15, 0.2) is 16.5 Å². The Bertz CT molecular complexity index is 396. The van der Waals surface area contributed by atoms with Crippen LogP contribution in [0.25, 0.3) is 0 Å². The lowest BCUT2D eigenvalue weighted by Gasteiger charge is -2.13. The van der Waals surface area contributed by atoms with Gasteiger partial charge in [-0.25, -0.2) is 0 Å². The molecule has 1 N–H and O–H groups in total. The van der Waals surface area contributed by atoms with E-state index in [1.54, 1.807) is 6.07 Å². The molecule has 0 unspecified atom stereocenters. The van der Waals surface area contributed by atoms with Crippen molar-refractivity contribution < 1.29 is 9.21 Å². The van der Waals surface area contributed by atoms with E-state index in [1.165, 1.54) is 12.8 Å². The second-order valence-corrected chi connectivity index (χ2v) is 5.12. The van der Waals surface area contributed by atoms with Gasteiger partial charge in [0.25, 0.3) is 5.91 Å². The number of alkyl halides is 1. The van der Waals surface area contributed by atoms with Crippen molar-refractivity contribution in [1.29, 1.82) is 0 Å². The Morgan fingerprint density at radius 2 is 2.29 bits per heavy atom. The van der Waals surface area contributed by atoms with Crippen molar-refractivity contribution in [2.45, 2.75) is 32.6 Å². The van der Waals surface area contributed by atoms with Gasteiger partial charge in [-0.1, -0.05) is 6.92 Å². The van der Waals surface area contributed by atoms with Crippen LogP contribution in [0.2, 0.25) is 0 Å². The van der Waals surface area contributed by atoms with E-state index >= 15 is 0 Å². The second-order valence-electron chi connectivity index (χ2n) is 4.74. The molecule has 0 spiro atoms. The van der Waals surface area contributed by atoms with Crippen LogP contribution in [0.3, 0.4) is 0 Å². The number of hydrogen-bond donors (Lipinski definition) is 1. The molecule has 0 atom stereocenters. The van der Waals surface area contributed by atoms with Crippen LogP contribution >= 0.6 is 11.6 Å². The summed E-state index contributed by atoms with van der Waals surface area (Å²) in [5, 5.41) is 2.93. The fourth-order valence-corrected chi connectivity index (χ4v) is 2.34. The lowest BCUT2D eigenvalue weighted by Crippen LogP contribution is -2.30. The zero-order valence-electron chi connectivity index (χ0n) is 10.1. The number of hydrogen-bond acceptors (Lipinski definition) is 2. The SMILES string of the molecule is CCc1ccc(C(=O)NCC2(CCCl)CC2)o1. The first-order chi connectivity index (χ1) is 8.19. The van der Waals surface area contributed by atoms with Gasteiger partial charge in [0.05, 0.1) is 0 Å². The summed E-state index contributed by atoms with van der Waals surface area (Å²) in [4.78, 5) is 11.8. The maximum Gasteiger partial charge on any atom is 0.287 e. The Morgan fingerprint density at radius 3 is 2.82 bits per heavy atom. The van der Waals surface area contributed by atoms with Gasteiger partial charge in [0.15, 0.2) is 5.76 Å². The van der Waals surface area contributed by atoms with Crippen LogP contribution in [0, 0.1) is 5.41 Å². The highest BCUT2D eigenvalue weighted by Crippen LogP contribution is 2.48. The number of carbonyl (C=O) groups excluding carboxylic acids is 1. The Morgan fingerprint density at radius 1 is 1.53 bits per heavy atom. The predicted molar refractivity (Wildman–Crippen MR) is 67.4 cm³/mol. The number of rotatable bonds is 6. The van der Waals surface area contributed by atoms with Gasteiger partial charge in [-0.05, 0) is 36.8 Å². The summed E-state index contributed by atoms with van der Waals surface area (Å²) >= 11 is 5.75. The largest absolute Gasteiger partial charge is 0.456 e. The van der Waals surface area contributed by atoms with Crippen LogP contribution < -0.4 is 5.32 Å². The van der Waals surface area contributed by atoms with E-state index in [0.29, 0.717) is 18.2 Å². The average Bonchev–Trinajstić information content (AvgIpc) is 2.93. The van der Waals surface area contributed by atoms with E-state index in [1.807, 2.05) is 13.0 Å². The Kier molecular flexibility index (Phi) is 3.77. The molecule has 0 radical (unpaired) electrons. The van der Waals surface area contributed by atoms with Gasteiger partial charge >= 0.3 is 0 Å². The summed E-state index contributed by atoms with van der Waals surface area (Å²) in [6, 6.07) is 3.58. The maximum atomic E-state index is 11.8. The fourth-order valence-electron chi connectivity index (χ4n) is 1.94. The molecule has 1 aliphatic carbocycles. The van der Waals surface area contributed by atoms with Gasteiger partial charge in [-0.3, -0.25) is 4.79 Å². The molecule has 94 valence electrons. The van der Waals surface area contributed by atoms with E-state index in [0.717, 1.165) is 18.6 Å². The first-order valence-electron chi connectivity index (χ1n) is 6.12. The number of carbonyl (C=O) groups is 1. The topological polar surface area (TPSA) is 42.2 Å². The van der Waals surface area contributed by atoms with E-state index < -0.39 is 0 Å². The number of amides is 1. The Balaban J connectivity index is 1.85. The summed E-state index contributed by atoms with van der Waals surface area (Å²) in [6.45, 7) is 2.71. The molecule has 1 fully saturated rings. The molecule has 0 aromatic carbocycles. The maximum absolute atomic E-state index is 11.8. The van der Waals surface area contributed by atoms with Crippen molar-refractivity contribution in [2.24, 2.45) is 5.41 Å². The highest BCUT2D eigenvalue weighted by molar-refractivity contribution is 6.17. The van der Waals surface area contributed by atoms with Crippen LogP contribution in [0.1, 0.15) is 42.5 Å². The van der Waals surface area contributed by atoms with Gasteiger partial charge in [0.2, 0.25) is 0 Å². The first kappa shape index (κ1) is 12.5. The van der Waals surface area contributed by atoms with Crippen LogP contribution in [0.4, 0.5) is 0 Å². The van der Waals surface area contributed by atoms with Gasteiger partial charge in [0.1, 0.15) is 5.76 Å². The van der Waals surface area contributed by atoms with Crippen molar-refractivity contribution in [2.75, 3.05) is 12.4 Å². The van der Waals surface area contributed by atoms with Crippen molar-refractivity contribution in [3.05, 3.63) is 23.7 Å². The molecule has 1 aromatic rings. The molecular formula is C13H18ClNO2. The van der Waals surface area contributed by atoms with Gasteiger partial charge < -0.3 is 9.73 Å². The number of furan rings is 1. The lowest BCUT2D eigenvalue weighted by molar-refractivity contribution is 0.0915. The van der Waals surface area contributed by atoms with Crippen LogP contribution in [-0.4, -0.2) is 18.3 Å². The summed E-state index contributed by atoms with van der Waals surface area (Å²) in [6.07, 6.45) is 4.12. The Hall–Kier alpha value is -0.960. The quantitative estimate of drug-likeness (QED) is 0.794. The molecule has 1 saturated carbocycles. The Labute approximate surface area is 107 Å². The number of nitrogens with one attached hydrogen (secondary N) is 1. The summed E-state index contributed by atoms with van der Waals surface area (Å²) in [5.74, 6) is 1.79. The summed E-state index contributed by atoms with van der Waals surface area (Å²) < 4.78 is 5.40. The van der Waals surface area contributed by atoms with Crippen LogP contribution in [0.5, 0.6) is 0 Å². The van der Waals surface area contributed by atoms with Gasteiger partial charge in [-0.2, -0.15) is 0 Å². The van der Waals surface area contributed by atoms with E-state index in [4.69, 9.17) is 16.0 Å². The monoisotopic (exact) mass is 255 g/mol. The molecule has 2 rings (SSSR count). The molecule has 1 aliphatic rings. The molecule has 1 heterocycles. The molecule has 17 heavy (non-hydrogen) atoms. The molecule has 0 bridgehead atoms. The molecule has 0 aliphatic heterocycles. The van der Waals surface area contributed by atoms with E-state index in [2.05, 4.69) is 5.32 Å². The lowest BCUT2D eigenvalue weighted by atomic mass is 10.0. The third-order valence-corrected chi connectivity index (χ3v) is 3.63. The third kappa shape index (κ3) is 3.03. The van der Waals surface area contributed by atoms with Gasteiger partial charge in [-0.15, -0.1) is 11.6 Å². The zero-order valence-corrected chi connectivity index (χ0v) is 10.8. The van der Waals surface area contributed by atoms with Crippen molar-refractivity contribution >= 4 is 17.5 Å². The number of aryl methyl sites for hydroxylation is 1. The third-order valence-electron chi connectivity index (χ3n) is 3.44. The van der Waals surface area contributed by atoms with Gasteiger partial charge in [0, 0.05) is 18.8 Å². The molecular weight excluding hydrogens is 238 g/mol. The molecule has 1 aromatic heterocycles. The van der Waals surface area contributed by atoms with Crippen molar-refractivity contribution in [3.8, 4) is 0 Å². The van der Waals surface area contributed by atoms with Crippen molar-refractivity contribution in [3.63, 3.8) is 0 Å². The number of halogens is 1. The zero-order chi connectivity index (χ0) is 12.3. The first-order valence-corrected chi connectivity index (χ1v) is 6.65. The van der Waals surface area contributed by atoms with E-state index in [9.17, 15) is 4.79 Å². The van der Waals surface area contributed by atoms with Crippen LogP contribution in [-0.2, 0) is 6.42 Å². The molecule has 3 nitrogen and oxygen atoms in total. The highest BCUT2D eigenvalue weighted by atomic mass is 35.5. The fraction of sp³-hybridized carbons (Fsp3) is 0.615. The van der Waals surface area contributed by atoms with E-state index in [-0.39, 0.29) is 11.3 Å². The van der Waals surface area contributed by atoms with Crippen molar-refractivity contribution in [1.82, 2.24) is 5.32 Å². The predicted octanol–water partition coefficient (Wildman–Crippen LogP) is 2.98. The minimum Gasteiger partial charge on any atom is -0.456 e. The summed E-state index contributed by atoms with van der Waals surface area (Å²) in [5.41, 5.74) is 0.261. The summed E-state index contributed by atoms with van der Waals surface area (Å²) in [7, 11) is 0. The standard InChI is InChI=1S/C13H18ClNO2/c1-2-10-3-4-11(17-10)12(16)15-9-13(5-6-13)7-8-14/h3-4H,2,5-9H2,1H3,(H,15,16). The average molecular weight is 256 g/mol. The molecule has 4 heteroatoms. The smallest absolute Gasteiger partial charge is 0.287 e. The second kappa shape index (κ2) is 5.13.